The van der Waals surface area contributed by atoms with E-state index in [4.69, 9.17) is 0 Å². The average Bonchev–Trinajstić information content (AvgIpc) is 2.16. The molecular weight excluding hydrogens is 168 g/mol. The molecule has 0 saturated carbocycles. The highest BCUT2D eigenvalue weighted by Crippen LogP contribution is 2.20. The fraction of sp³-hybridized carbons (Fsp3) is 0.571. The molecule has 80 valence electrons. The number of rotatable bonds is 6. The lowest BCUT2D eigenvalue weighted by atomic mass is 9.92. The predicted molar refractivity (Wildman–Crippen MR) is 66.3 cm³/mol. The van der Waals surface area contributed by atoms with E-state index in [-0.39, 0.29) is 0 Å². The van der Waals surface area contributed by atoms with E-state index < -0.39 is 0 Å². The van der Waals surface area contributed by atoms with Crippen LogP contribution in [0.3, 0.4) is 0 Å². The summed E-state index contributed by atoms with van der Waals surface area (Å²) in [5.74, 6) is 1.43. The molecule has 0 bridgehead atoms. The summed E-state index contributed by atoms with van der Waals surface area (Å²) in [6.07, 6.45) is 10.8. The molecule has 0 aromatic heterocycles. The van der Waals surface area contributed by atoms with Gasteiger partial charge in [0.15, 0.2) is 0 Å². The maximum absolute atomic E-state index is 3.86. The molecule has 0 aromatic carbocycles. The van der Waals surface area contributed by atoms with Crippen molar-refractivity contribution in [3.63, 3.8) is 0 Å². The van der Waals surface area contributed by atoms with Crippen LogP contribution in [0, 0.1) is 11.8 Å². The summed E-state index contributed by atoms with van der Waals surface area (Å²) in [7, 11) is 0. The lowest BCUT2D eigenvalue weighted by molar-refractivity contribution is 0.494. The minimum atomic E-state index is 0.631. The van der Waals surface area contributed by atoms with E-state index in [1.807, 2.05) is 13.0 Å². The molecular formula is C14H24. The first kappa shape index (κ1) is 13.2. The lowest BCUT2D eigenvalue weighted by Gasteiger charge is -2.13. The first-order chi connectivity index (χ1) is 6.61. The molecule has 0 amide bonds. The molecule has 1 atom stereocenters. The van der Waals surface area contributed by atoms with Gasteiger partial charge in [-0.2, -0.15) is 0 Å². The van der Waals surface area contributed by atoms with Gasteiger partial charge in [-0.15, -0.1) is 0 Å². The topological polar surface area (TPSA) is 0 Å². The van der Waals surface area contributed by atoms with Crippen LogP contribution >= 0.6 is 0 Å². The van der Waals surface area contributed by atoms with Crippen molar-refractivity contribution < 1.29 is 0 Å². The van der Waals surface area contributed by atoms with Crippen LogP contribution in [0.5, 0.6) is 0 Å². The van der Waals surface area contributed by atoms with Crippen molar-refractivity contribution in [1.29, 1.82) is 0 Å². The van der Waals surface area contributed by atoms with E-state index in [1.54, 1.807) is 0 Å². The third-order valence-corrected chi connectivity index (χ3v) is 2.46. The van der Waals surface area contributed by atoms with Crippen molar-refractivity contribution in [1.82, 2.24) is 0 Å². The van der Waals surface area contributed by atoms with Gasteiger partial charge in [0, 0.05) is 0 Å². The Balaban J connectivity index is 4.17. The number of hydrogen-bond donors (Lipinski definition) is 0. The van der Waals surface area contributed by atoms with Crippen LogP contribution in [-0.4, -0.2) is 0 Å². The zero-order valence-corrected chi connectivity index (χ0v) is 10.1. The molecule has 0 heterocycles. The summed E-state index contributed by atoms with van der Waals surface area (Å²) in [6.45, 7) is 12.7. The lowest BCUT2D eigenvalue weighted by Crippen LogP contribution is -1.99. The fourth-order valence-electron chi connectivity index (χ4n) is 1.39. The highest BCUT2D eigenvalue weighted by atomic mass is 14.1. The SMILES string of the molecule is C=C/C(=C\C=C/C)C(C)CCC(C)C. The minimum Gasteiger partial charge on any atom is -0.0988 e. The molecule has 0 aliphatic heterocycles. The Hall–Kier alpha value is -0.780. The Kier molecular flexibility index (Phi) is 7.18. The minimum absolute atomic E-state index is 0.631. The average molecular weight is 192 g/mol. The number of hydrogen-bond acceptors (Lipinski definition) is 0. The van der Waals surface area contributed by atoms with Gasteiger partial charge in [-0.25, -0.2) is 0 Å². The van der Waals surface area contributed by atoms with Gasteiger partial charge >= 0.3 is 0 Å². The van der Waals surface area contributed by atoms with Gasteiger partial charge < -0.3 is 0 Å². The largest absolute Gasteiger partial charge is 0.0988 e. The smallest absolute Gasteiger partial charge is 0.0191 e. The Bertz CT molecular complexity index is 206. The third kappa shape index (κ3) is 5.80. The summed E-state index contributed by atoms with van der Waals surface area (Å²) in [5.41, 5.74) is 1.35. The highest BCUT2D eigenvalue weighted by molar-refractivity contribution is 5.23. The summed E-state index contributed by atoms with van der Waals surface area (Å²) >= 11 is 0. The predicted octanol–water partition coefficient (Wildman–Crippen LogP) is 4.75. The molecule has 0 saturated heterocycles. The van der Waals surface area contributed by atoms with Crippen molar-refractivity contribution in [2.45, 2.75) is 40.5 Å². The highest BCUT2D eigenvalue weighted by Gasteiger charge is 2.05. The van der Waals surface area contributed by atoms with Crippen molar-refractivity contribution in [2.75, 3.05) is 0 Å². The second-order valence-electron chi connectivity index (χ2n) is 4.27. The van der Waals surface area contributed by atoms with Gasteiger partial charge in [-0.3, -0.25) is 0 Å². The molecule has 0 rings (SSSR count). The summed E-state index contributed by atoms with van der Waals surface area (Å²) in [5, 5.41) is 0. The molecule has 1 unspecified atom stereocenters. The van der Waals surface area contributed by atoms with E-state index >= 15 is 0 Å². The maximum Gasteiger partial charge on any atom is -0.0191 e. The van der Waals surface area contributed by atoms with Crippen molar-refractivity contribution in [3.8, 4) is 0 Å². The van der Waals surface area contributed by atoms with Crippen LogP contribution in [0.15, 0.2) is 36.5 Å². The zero-order valence-electron chi connectivity index (χ0n) is 10.1. The van der Waals surface area contributed by atoms with E-state index in [1.165, 1.54) is 18.4 Å². The second kappa shape index (κ2) is 7.61. The zero-order chi connectivity index (χ0) is 11.0. The third-order valence-electron chi connectivity index (χ3n) is 2.46. The van der Waals surface area contributed by atoms with Gasteiger partial charge in [-0.1, -0.05) is 58.1 Å². The molecule has 0 spiro atoms. The van der Waals surface area contributed by atoms with E-state index in [9.17, 15) is 0 Å². The van der Waals surface area contributed by atoms with Crippen LogP contribution in [0.2, 0.25) is 0 Å². The molecule has 0 aliphatic carbocycles. The normalized spacial score (nSPS) is 15.1. The van der Waals surface area contributed by atoms with Gasteiger partial charge in [0.25, 0.3) is 0 Å². The van der Waals surface area contributed by atoms with Crippen LogP contribution in [0.4, 0.5) is 0 Å². The fourth-order valence-corrected chi connectivity index (χ4v) is 1.39. The van der Waals surface area contributed by atoms with Gasteiger partial charge in [0.2, 0.25) is 0 Å². The monoisotopic (exact) mass is 192 g/mol. The molecule has 14 heavy (non-hydrogen) atoms. The van der Waals surface area contributed by atoms with Gasteiger partial charge in [-0.05, 0) is 30.8 Å². The van der Waals surface area contributed by atoms with E-state index in [0.29, 0.717) is 5.92 Å². The summed E-state index contributed by atoms with van der Waals surface area (Å²) in [4.78, 5) is 0. The molecule has 0 nitrogen and oxygen atoms in total. The summed E-state index contributed by atoms with van der Waals surface area (Å²) < 4.78 is 0. The summed E-state index contributed by atoms with van der Waals surface area (Å²) in [6, 6.07) is 0. The van der Waals surface area contributed by atoms with E-state index in [2.05, 4.69) is 45.6 Å². The van der Waals surface area contributed by atoms with Crippen LogP contribution < -0.4 is 0 Å². The maximum atomic E-state index is 3.86. The standard InChI is InChI=1S/C14H24/c1-6-8-9-14(7-2)13(5)11-10-12(3)4/h6-9,12-13H,2,10-11H2,1,3-5H3/b8-6-,14-9+. The van der Waals surface area contributed by atoms with Crippen LogP contribution in [0.1, 0.15) is 40.5 Å². The Morgan fingerprint density at radius 3 is 2.29 bits per heavy atom. The molecule has 0 aliphatic rings. The van der Waals surface area contributed by atoms with Gasteiger partial charge in [0.05, 0.1) is 0 Å². The van der Waals surface area contributed by atoms with E-state index in [0.717, 1.165) is 5.92 Å². The molecule has 0 aromatic rings. The van der Waals surface area contributed by atoms with Crippen LogP contribution in [-0.2, 0) is 0 Å². The number of allylic oxidation sites excluding steroid dienone is 5. The van der Waals surface area contributed by atoms with Crippen molar-refractivity contribution >= 4 is 0 Å². The Labute approximate surface area is 89.4 Å². The Morgan fingerprint density at radius 2 is 1.86 bits per heavy atom. The van der Waals surface area contributed by atoms with Crippen molar-refractivity contribution in [3.05, 3.63) is 36.5 Å². The molecule has 0 N–H and O–H groups in total. The molecule has 0 fully saturated rings. The van der Waals surface area contributed by atoms with Crippen molar-refractivity contribution in [2.24, 2.45) is 11.8 Å². The molecule has 0 heteroatoms. The Morgan fingerprint density at radius 1 is 1.21 bits per heavy atom. The molecule has 0 radical (unpaired) electrons. The van der Waals surface area contributed by atoms with Crippen LogP contribution in [0.25, 0.3) is 0 Å². The first-order valence-corrected chi connectivity index (χ1v) is 5.57. The quantitative estimate of drug-likeness (QED) is 0.533. The first-order valence-electron chi connectivity index (χ1n) is 5.57. The second-order valence-corrected chi connectivity index (χ2v) is 4.27. The van der Waals surface area contributed by atoms with Gasteiger partial charge in [0.1, 0.15) is 0 Å².